The molecule has 2 amide bonds. The molecule has 38 heavy (non-hydrogen) atoms. The molecule has 3 heterocycles. The molecule has 1 saturated carbocycles. The van der Waals surface area contributed by atoms with Gasteiger partial charge < -0.3 is 14.6 Å². The Hall–Kier alpha value is -3.46. The van der Waals surface area contributed by atoms with Crippen LogP contribution < -0.4 is 15.4 Å². The summed E-state index contributed by atoms with van der Waals surface area (Å²) in [6.07, 6.45) is 8.80. The molecule has 2 fully saturated rings. The number of amides is 2. The quantitative estimate of drug-likeness (QED) is 0.435. The number of piperidine rings is 1. The van der Waals surface area contributed by atoms with Crippen molar-refractivity contribution in [2.75, 3.05) is 38.1 Å². The van der Waals surface area contributed by atoms with Crippen molar-refractivity contribution in [3.8, 4) is 5.88 Å². The molecule has 1 aromatic carbocycles. The molecule has 5 rings (SSSR count). The average Bonchev–Trinajstić information content (AvgIpc) is 3.31. The Morgan fingerprint density at radius 3 is 2.55 bits per heavy atom. The SMILES string of the molecule is CCNC(=O)C1CCC(n2c(NC(=O)c3ccccc3)nc3cnc(OCCN4CCCCC4)cc32)CC1. The largest absolute Gasteiger partial charge is 0.476 e. The number of rotatable bonds is 9. The van der Waals surface area contributed by atoms with E-state index in [0.29, 0.717) is 36.1 Å². The lowest BCUT2D eigenvalue weighted by Crippen LogP contribution is -2.33. The third-order valence-corrected chi connectivity index (χ3v) is 7.70. The number of ether oxygens (including phenoxy) is 1. The molecule has 0 unspecified atom stereocenters. The van der Waals surface area contributed by atoms with Gasteiger partial charge in [0.05, 0.1) is 11.7 Å². The van der Waals surface area contributed by atoms with Crippen LogP contribution in [0.3, 0.4) is 0 Å². The molecule has 0 atom stereocenters. The number of pyridine rings is 1. The lowest BCUT2D eigenvalue weighted by Gasteiger charge is -2.30. The van der Waals surface area contributed by atoms with E-state index in [1.165, 1.54) is 19.3 Å². The molecule has 202 valence electrons. The van der Waals surface area contributed by atoms with Crippen molar-refractivity contribution in [2.45, 2.75) is 57.9 Å². The van der Waals surface area contributed by atoms with Gasteiger partial charge in [0.25, 0.3) is 5.91 Å². The lowest BCUT2D eigenvalue weighted by atomic mass is 9.85. The van der Waals surface area contributed by atoms with Crippen LogP contribution in [0.2, 0.25) is 0 Å². The van der Waals surface area contributed by atoms with Crippen LogP contribution in [-0.2, 0) is 4.79 Å². The summed E-state index contributed by atoms with van der Waals surface area (Å²) >= 11 is 0. The number of aromatic nitrogens is 3. The number of benzene rings is 1. The van der Waals surface area contributed by atoms with Crippen LogP contribution in [0.1, 0.15) is 68.3 Å². The minimum atomic E-state index is -0.205. The van der Waals surface area contributed by atoms with Crippen LogP contribution >= 0.6 is 0 Å². The van der Waals surface area contributed by atoms with Crippen LogP contribution in [0, 0.1) is 5.92 Å². The normalized spacial score (nSPS) is 20.2. The van der Waals surface area contributed by atoms with Crippen LogP contribution in [0.4, 0.5) is 5.95 Å². The first-order valence-electron chi connectivity index (χ1n) is 14.0. The molecule has 0 bridgehead atoms. The number of hydrogen-bond donors (Lipinski definition) is 2. The fraction of sp³-hybridized carbons (Fsp3) is 0.517. The van der Waals surface area contributed by atoms with E-state index in [1.807, 2.05) is 31.2 Å². The number of likely N-dealkylation sites (tertiary alicyclic amines) is 1. The zero-order valence-electron chi connectivity index (χ0n) is 22.2. The maximum absolute atomic E-state index is 13.0. The minimum absolute atomic E-state index is 0.0266. The smallest absolute Gasteiger partial charge is 0.257 e. The van der Waals surface area contributed by atoms with Crippen molar-refractivity contribution in [1.29, 1.82) is 0 Å². The summed E-state index contributed by atoms with van der Waals surface area (Å²) in [7, 11) is 0. The molecule has 0 radical (unpaired) electrons. The van der Waals surface area contributed by atoms with E-state index in [0.717, 1.165) is 50.8 Å². The molecule has 2 N–H and O–H groups in total. The fourth-order valence-corrected chi connectivity index (χ4v) is 5.66. The van der Waals surface area contributed by atoms with E-state index in [1.54, 1.807) is 18.3 Å². The zero-order valence-corrected chi connectivity index (χ0v) is 22.2. The van der Waals surface area contributed by atoms with Gasteiger partial charge in [0.15, 0.2) is 0 Å². The number of carbonyl (C=O) groups excluding carboxylic acids is 2. The molecule has 1 aliphatic heterocycles. The van der Waals surface area contributed by atoms with E-state index in [9.17, 15) is 9.59 Å². The maximum atomic E-state index is 13.0. The van der Waals surface area contributed by atoms with Gasteiger partial charge in [-0.05, 0) is 70.7 Å². The van der Waals surface area contributed by atoms with E-state index in [4.69, 9.17) is 9.72 Å². The highest BCUT2D eigenvalue weighted by Gasteiger charge is 2.30. The average molecular weight is 519 g/mol. The standard InChI is InChI=1S/C29H38N6O3/c1-2-30-27(36)22-11-13-23(14-12-22)35-25-19-26(38-18-17-34-15-7-4-8-16-34)31-20-24(25)32-29(35)33-28(37)21-9-5-3-6-10-21/h3,5-6,9-10,19-20,22-23H,2,4,7-8,11-18H2,1H3,(H,30,36)(H,32,33,37). The minimum Gasteiger partial charge on any atom is -0.476 e. The Morgan fingerprint density at radius 2 is 1.82 bits per heavy atom. The van der Waals surface area contributed by atoms with Crippen molar-refractivity contribution in [3.05, 3.63) is 48.2 Å². The van der Waals surface area contributed by atoms with Gasteiger partial charge in [-0.1, -0.05) is 24.6 Å². The second-order valence-corrected chi connectivity index (χ2v) is 10.3. The van der Waals surface area contributed by atoms with Crippen molar-refractivity contribution >= 4 is 28.8 Å². The van der Waals surface area contributed by atoms with E-state index in [-0.39, 0.29) is 23.8 Å². The first-order valence-corrected chi connectivity index (χ1v) is 14.0. The Balaban J connectivity index is 1.37. The van der Waals surface area contributed by atoms with Gasteiger partial charge in [0.2, 0.25) is 17.7 Å². The first kappa shape index (κ1) is 26.2. The Morgan fingerprint density at radius 1 is 1.05 bits per heavy atom. The molecular weight excluding hydrogens is 480 g/mol. The molecular formula is C29H38N6O3. The van der Waals surface area contributed by atoms with E-state index >= 15 is 0 Å². The second-order valence-electron chi connectivity index (χ2n) is 10.3. The Labute approximate surface area is 224 Å². The van der Waals surface area contributed by atoms with Gasteiger partial charge in [-0.3, -0.25) is 19.8 Å². The summed E-state index contributed by atoms with van der Waals surface area (Å²) in [6, 6.07) is 11.2. The first-order chi connectivity index (χ1) is 18.6. The molecule has 1 saturated heterocycles. The monoisotopic (exact) mass is 518 g/mol. The third kappa shape index (κ3) is 6.15. The number of carbonyl (C=O) groups is 2. The fourth-order valence-electron chi connectivity index (χ4n) is 5.66. The van der Waals surface area contributed by atoms with Gasteiger partial charge >= 0.3 is 0 Å². The highest BCUT2D eigenvalue weighted by atomic mass is 16.5. The van der Waals surface area contributed by atoms with E-state index in [2.05, 4.69) is 25.1 Å². The van der Waals surface area contributed by atoms with Crippen molar-refractivity contribution in [3.63, 3.8) is 0 Å². The number of imidazole rings is 1. The molecule has 9 nitrogen and oxygen atoms in total. The highest BCUT2D eigenvalue weighted by molar-refractivity contribution is 6.04. The zero-order chi connectivity index (χ0) is 26.3. The van der Waals surface area contributed by atoms with E-state index < -0.39 is 0 Å². The van der Waals surface area contributed by atoms with Crippen molar-refractivity contribution in [1.82, 2.24) is 24.8 Å². The number of fused-ring (bicyclic) bond motifs is 1. The summed E-state index contributed by atoms with van der Waals surface area (Å²) < 4.78 is 8.17. The van der Waals surface area contributed by atoms with Gasteiger partial charge in [0.1, 0.15) is 12.1 Å². The second kappa shape index (κ2) is 12.4. The number of nitrogens with zero attached hydrogens (tertiary/aromatic N) is 4. The Bertz CT molecular complexity index is 1230. The predicted octanol–water partition coefficient (Wildman–Crippen LogP) is 4.42. The maximum Gasteiger partial charge on any atom is 0.257 e. The third-order valence-electron chi connectivity index (χ3n) is 7.70. The summed E-state index contributed by atoms with van der Waals surface area (Å²) in [5.74, 6) is 1.02. The predicted molar refractivity (Wildman–Crippen MR) is 147 cm³/mol. The van der Waals surface area contributed by atoms with Crippen LogP contribution in [0.15, 0.2) is 42.6 Å². The van der Waals surface area contributed by atoms with Gasteiger partial charge in [-0.25, -0.2) is 9.97 Å². The molecule has 2 aromatic heterocycles. The summed E-state index contributed by atoms with van der Waals surface area (Å²) in [5.41, 5.74) is 2.17. The van der Waals surface area contributed by atoms with Crippen LogP contribution in [-0.4, -0.2) is 64.0 Å². The topological polar surface area (TPSA) is 101 Å². The van der Waals surface area contributed by atoms with Crippen molar-refractivity contribution < 1.29 is 14.3 Å². The van der Waals surface area contributed by atoms with Gasteiger partial charge in [-0.15, -0.1) is 0 Å². The number of nitrogens with one attached hydrogen (secondary N) is 2. The molecule has 3 aromatic rings. The molecule has 0 spiro atoms. The van der Waals surface area contributed by atoms with Gasteiger partial charge in [0, 0.05) is 36.7 Å². The van der Waals surface area contributed by atoms with Crippen molar-refractivity contribution in [2.24, 2.45) is 5.92 Å². The van der Waals surface area contributed by atoms with Crippen LogP contribution in [0.5, 0.6) is 5.88 Å². The summed E-state index contributed by atoms with van der Waals surface area (Å²) in [4.78, 5) is 37.2. The highest BCUT2D eigenvalue weighted by Crippen LogP contribution is 2.37. The molecule has 2 aliphatic rings. The van der Waals surface area contributed by atoms with Gasteiger partial charge in [-0.2, -0.15) is 0 Å². The van der Waals surface area contributed by atoms with Crippen LogP contribution in [0.25, 0.3) is 11.0 Å². The summed E-state index contributed by atoms with van der Waals surface area (Å²) in [5, 5.41) is 5.99. The summed E-state index contributed by atoms with van der Waals surface area (Å²) in [6.45, 7) is 6.33. The molecule has 9 heteroatoms. The number of hydrogen-bond acceptors (Lipinski definition) is 6. The molecule has 1 aliphatic carbocycles. The lowest BCUT2D eigenvalue weighted by molar-refractivity contribution is -0.126. The Kier molecular flexibility index (Phi) is 8.53. The number of anilines is 1.